The summed E-state index contributed by atoms with van der Waals surface area (Å²) in [4.78, 5) is 12.9. The Bertz CT molecular complexity index is 729. The number of aryl methyl sites for hydroxylation is 1. The van der Waals surface area contributed by atoms with Crippen LogP contribution in [0.2, 0.25) is 5.02 Å². The van der Waals surface area contributed by atoms with Gasteiger partial charge in [-0.1, -0.05) is 42.8 Å². The standard InChI is InChI=1S/C19H25ClN4O2/c1-13(2)18-12-26-11-17-10-24(23-22-17)8-7-15(19(25)21-18)9-14-3-5-16(20)6-4-14/h3-6,10,13,15,18H,7-9,11-12H2,1-2H3,(H,21,25)/t15-,18+/m1/s1. The minimum absolute atomic E-state index is 0.0234. The predicted octanol–water partition coefficient (Wildman–Crippen LogP) is 2.85. The van der Waals surface area contributed by atoms with Crippen molar-refractivity contribution in [1.82, 2.24) is 20.3 Å². The Morgan fingerprint density at radius 2 is 2.12 bits per heavy atom. The van der Waals surface area contributed by atoms with E-state index in [0.717, 1.165) is 11.3 Å². The summed E-state index contributed by atoms with van der Waals surface area (Å²) in [5, 5.41) is 12.1. The summed E-state index contributed by atoms with van der Waals surface area (Å²) < 4.78 is 7.53. The molecule has 1 aromatic carbocycles. The summed E-state index contributed by atoms with van der Waals surface area (Å²) in [7, 11) is 0. The summed E-state index contributed by atoms with van der Waals surface area (Å²) in [5.74, 6) is 0.196. The second-order valence-electron chi connectivity index (χ2n) is 7.16. The minimum atomic E-state index is -0.149. The van der Waals surface area contributed by atoms with Gasteiger partial charge in [-0.3, -0.25) is 9.48 Å². The molecule has 0 aliphatic carbocycles. The van der Waals surface area contributed by atoms with Crippen LogP contribution in [-0.2, 0) is 29.1 Å². The first-order valence-corrected chi connectivity index (χ1v) is 9.40. The maximum Gasteiger partial charge on any atom is 0.223 e. The number of aromatic nitrogens is 3. The Morgan fingerprint density at radius 1 is 1.35 bits per heavy atom. The van der Waals surface area contributed by atoms with E-state index in [1.807, 2.05) is 30.5 Å². The van der Waals surface area contributed by atoms with Gasteiger partial charge >= 0.3 is 0 Å². The fourth-order valence-electron chi connectivity index (χ4n) is 3.02. The summed E-state index contributed by atoms with van der Waals surface area (Å²) in [6.07, 6.45) is 3.25. The Balaban J connectivity index is 1.79. The van der Waals surface area contributed by atoms with Gasteiger partial charge in [-0.15, -0.1) is 5.10 Å². The van der Waals surface area contributed by atoms with Crippen molar-refractivity contribution in [1.29, 1.82) is 0 Å². The molecule has 0 saturated heterocycles. The topological polar surface area (TPSA) is 69.0 Å². The van der Waals surface area contributed by atoms with E-state index >= 15 is 0 Å². The molecule has 1 N–H and O–H groups in total. The lowest BCUT2D eigenvalue weighted by atomic mass is 9.94. The van der Waals surface area contributed by atoms with Crippen molar-refractivity contribution in [3.63, 3.8) is 0 Å². The first-order valence-electron chi connectivity index (χ1n) is 9.03. The van der Waals surface area contributed by atoms with Crippen molar-refractivity contribution in [2.45, 2.75) is 45.9 Å². The number of hydrogen-bond acceptors (Lipinski definition) is 4. The molecule has 1 aliphatic rings. The highest BCUT2D eigenvalue weighted by atomic mass is 35.5. The number of amides is 1. The monoisotopic (exact) mass is 376 g/mol. The Kier molecular flexibility index (Phi) is 6.27. The van der Waals surface area contributed by atoms with Crippen LogP contribution >= 0.6 is 11.6 Å². The summed E-state index contributed by atoms with van der Waals surface area (Å²) >= 11 is 5.97. The van der Waals surface area contributed by atoms with E-state index in [4.69, 9.17) is 16.3 Å². The van der Waals surface area contributed by atoms with Crippen LogP contribution in [0.4, 0.5) is 0 Å². The van der Waals surface area contributed by atoms with Crippen LogP contribution in [0.25, 0.3) is 0 Å². The zero-order chi connectivity index (χ0) is 18.5. The van der Waals surface area contributed by atoms with Gasteiger partial charge in [-0.25, -0.2) is 0 Å². The molecule has 140 valence electrons. The van der Waals surface area contributed by atoms with Gasteiger partial charge in [0.25, 0.3) is 0 Å². The molecule has 0 radical (unpaired) electrons. The van der Waals surface area contributed by atoms with Gasteiger partial charge in [0.05, 0.1) is 25.5 Å². The average Bonchev–Trinajstić information content (AvgIpc) is 3.06. The first-order chi connectivity index (χ1) is 12.5. The number of nitrogens with zero attached hydrogens (tertiary/aromatic N) is 3. The third kappa shape index (κ3) is 5.05. The molecule has 0 spiro atoms. The Hall–Kier alpha value is -1.92. The third-order valence-corrected chi connectivity index (χ3v) is 4.99. The molecule has 2 aromatic rings. The number of hydrogen-bond donors (Lipinski definition) is 1. The molecule has 26 heavy (non-hydrogen) atoms. The number of halogens is 1. The maximum atomic E-state index is 12.9. The number of carbonyl (C=O) groups excluding carboxylic acids is 1. The van der Waals surface area contributed by atoms with Crippen LogP contribution in [-0.4, -0.2) is 33.5 Å². The number of nitrogens with one attached hydrogen (secondary N) is 1. The second-order valence-corrected chi connectivity index (χ2v) is 7.60. The molecule has 7 heteroatoms. The fourth-order valence-corrected chi connectivity index (χ4v) is 3.15. The number of benzene rings is 1. The van der Waals surface area contributed by atoms with Gasteiger partial charge < -0.3 is 10.1 Å². The zero-order valence-electron chi connectivity index (χ0n) is 15.2. The molecule has 1 amide bonds. The van der Waals surface area contributed by atoms with Crippen LogP contribution in [0.5, 0.6) is 0 Å². The van der Waals surface area contributed by atoms with E-state index in [-0.39, 0.29) is 23.8 Å². The molecule has 2 atom stereocenters. The lowest BCUT2D eigenvalue weighted by molar-refractivity contribution is -0.127. The Morgan fingerprint density at radius 3 is 2.85 bits per heavy atom. The van der Waals surface area contributed by atoms with Crippen molar-refractivity contribution in [3.05, 3.63) is 46.7 Å². The lowest BCUT2D eigenvalue weighted by Crippen LogP contribution is -2.45. The van der Waals surface area contributed by atoms with Gasteiger partial charge in [0.1, 0.15) is 5.69 Å². The van der Waals surface area contributed by atoms with E-state index < -0.39 is 0 Å². The molecule has 1 aromatic heterocycles. The van der Waals surface area contributed by atoms with Gasteiger partial charge in [0, 0.05) is 17.5 Å². The first kappa shape index (κ1) is 18.9. The lowest BCUT2D eigenvalue weighted by Gasteiger charge is -2.26. The quantitative estimate of drug-likeness (QED) is 0.894. The van der Waals surface area contributed by atoms with E-state index in [1.54, 1.807) is 4.68 Å². The van der Waals surface area contributed by atoms with E-state index in [0.29, 0.717) is 37.6 Å². The normalized spacial score (nSPS) is 21.8. The largest absolute Gasteiger partial charge is 0.373 e. The maximum absolute atomic E-state index is 12.9. The smallest absolute Gasteiger partial charge is 0.223 e. The van der Waals surface area contributed by atoms with Crippen molar-refractivity contribution >= 4 is 17.5 Å². The second kappa shape index (κ2) is 8.64. The van der Waals surface area contributed by atoms with Gasteiger partial charge in [0.15, 0.2) is 0 Å². The fraction of sp³-hybridized carbons (Fsp3) is 0.526. The highest BCUT2D eigenvalue weighted by molar-refractivity contribution is 6.30. The number of carbonyl (C=O) groups is 1. The molecule has 0 saturated carbocycles. The molecule has 0 fully saturated rings. The number of rotatable bonds is 3. The molecule has 2 bridgehead atoms. The van der Waals surface area contributed by atoms with E-state index in [1.165, 1.54) is 0 Å². The highest BCUT2D eigenvalue weighted by Gasteiger charge is 2.24. The molecule has 6 nitrogen and oxygen atoms in total. The summed E-state index contributed by atoms with van der Waals surface area (Å²) in [6, 6.07) is 7.65. The highest BCUT2D eigenvalue weighted by Crippen LogP contribution is 2.18. The van der Waals surface area contributed by atoms with E-state index in [9.17, 15) is 4.79 Å². The van der Waals surface area contributed by atoms with Crippen molar-refractivity contribution in [3.8, 4) is 0 Å². The van der Waals surface area contributed by atoms with Gasteiger partial charge in [0.2, 0.25) is 5.91 Å². The average molecular weight is 377 g/mol. The molecular formula is C19H25ClN4O2. The summed E-state index contributed by atoms with van der Waals surface area (Å²) in [5.41, 5.74) is 1.91. The number of fused-ring (bicyclic) bond motifs is 2. The van der Waals surface area contributed by atoms with Crippen LogP contribution in [0.3, 0.4) is 0 Å². The molecule has 1 aliphatic heterocycles. The van der Waals surface area contributed by atoms with Crippen molar-refractivity contribution in [2.75, 3.05) is 6.61 Å². The van der Waals surface area contributed by atoms with Crippen molar-refractivity contribution < 1.29 is 9.53 Å². The zero-order valence-corrected chi connectivity index (χ0v) is 15.9. The molecular weight excluding hydrogens is 352 g/mol. The van der Waals surface area contributed by atoms with Crippen LogP contribution < -0.4 is 5.32 Å². The SMILES string of the molecule is CC(C)[C@@H]1COCc2cn(nn2)CC[C@H](Cc2ccc(Cl)cc2)C(=O)N1. The third-order valence-electron chi connectivity index (χ3n) is 4.74. The van der Waals surface area contributed by atoms with Crippen LogP contribution in [0.1, 0.15) is 31.5 Å². The van der Waals surface area contributed by atoms with Crippen LogP contribution in [0, 0.1) is 11.8 Å². The van der Waals surface area contributed by atoms with Gasteiger partial charge in [-0.2, -0.15) is 0 Å². The molecule has 2 heterocycles. The number of ether oxygens (including phenoxy) is 1. The van der Waals surface area contributed by atoms with Crippen LogP contribution in [0.15, 0.2) is 30.5 Å². The van der Waals surface area contributed by atoms with Crippen molar-refractivity contribution in [2.24, 2.45) is 11.8 Å². The van der Waals surface area contributed by atoms with E-state index in [2.05, 4.69) is 29.5 Å². The predicted molar refractivity (Wildman–Crippen MR) is 99.7 cm³/mol. The van der Waals surface area contributed by atoms with Gasteiger partial charge in [-0.05, 0) is 36.5 Å². The molecule has 3 rings (SSSR count). The summed E-state index contributed by atoms with van der Waals surface area (Å²) in [6.45, 7) is 5.69. The Labute approximate surface area is 158 Å². The minimum Gasteiger partial charge on any atom is -0.373 e. The molecule has 0 unspecified atom stereocenters.